The number of likely N-dealkylation sites (tertiary alicyclic amines) is 1. The maximum atomic E-state index is 12.6. The molecular formula is C26H32N2O3S. The Morgan fingerprint density at radius 3 is 2.50 bits per heavy atom. The summed E-state index contributed by atoms with van der Waals surface area (Å²) in [6.07, 6.45) is 5.39. The summed E-state index contributed by atoms with van der Waals surface area (Å²) in [6, 6.07) is 16.2. The summed E-state index contributed by atoms with van der Waals surface area (Å²) >= 11 is 2.04. The number of hydrogen-bond acceptors (Lipinski definition) is 5. The monoisotopic (exact) mass is 452 g/mol. The zero-order chi connectivity index (χ0) is 22.2. The van der Waals surface area contributed by atoms with Gasteiger partial charge in [0.05, 0.1) is 7.11 Å². The van der Waals surface area contributed by atoms with E-state index in [2.05, 4.69) is 23.1 Å². The molecule has 0 spiro atoms. The van der Waals surface area contributed by atoms with Gasteiger partial charge in [0.2, 0.25) is 5.91 Å². The standard InChI is InChI=1S/C26H32N2O3S/c1-30-23-8-5-21(6-9-23)7-10-26(29)28-13-11-24(12-14-28)31-25-4-2-3-22(19-25)20-27-15-17-32-18-16-27/h2-10,19,24H,11-18,20H2,1H3. The molecule has 0 unspecified atom stereocenters. The van der Waals surface area contributed by atoms with Gasteiger partial charge in [-0.15, -0.1) is 0 Å². The van der Waals surface area contributed by atoms with Gasteiger partial charge < -0.3 is 14.4 Å². The third-order valence-electron chi connectivity index (χ3n) is 6.00. The second kappa shape index (κ2) is 11.4. The number of hydrogen-bond donors (Lipinski definition) is 0. The molecule has 0 radical (unpaired) electrons. The number of piperidine rings is 1. The molecular weight excluding hydrogens is 420 g/mol. The maximum absolute atomic E-state index is 12.6. The van der Waals surface area contributed by atoms with E-state index in [0.717, 1.165) is 62.6 Å². The van der Waals surface area contributed by atoms with Crippen LogP contribution >= 0.6 is 11.8 Å². The van der Waals surface area contributed by atoms with E-state index in [1.54, 1.807) is 13.2 Å². The molecule has 2 fully saturated rings. The van der Waals surface area contributed by atoms with Crippen molar-refractivity contribution in [2.45, 2.75) is 25.5 Å². The smallest absolute Gasteiger partial charge is 0.246 e. The fourth-order valence-corrected chi connectivity index (χ4v) is 5.09. The second-order valence-corrected chi connectivity index (χ2v) is 9.51. The maximum Gasteiger partial charge on any atom is 0.246 e. The van der Waals surface area contributed by atoms with Gasteiger partial charge >= 0.3 is 0 Å². The van der Waals surface area contributed by atoms with Crippen LogP contribution in [0.3, 0.4) is 0 Å². The van der Waals surface area contributed by atoms with Crippen molar-refractivity contribution < 1.29 is 14.3 Å². The predicted octanol–water partition coefficient (Wildman–Crippen LogP) is 4.33. The number of carbonyl (C=O) groups excluding carboxylic acids is 1. The number of amides is 1. The lowest BCUT2D eigenvalue weighted by Gasteiger charge is -2.31. The van der Waals surface area contributed by atoms with Gasteiger partial charge in [-0.3, -0.25) is 9.69 Å². The Bertz CT molecular complexity index is 902. The molecule has 4 rings (SSSR count). The summed E-state index contributed by atoms with van der Waals surface area (Å²) in [5, 5.41) is 0. The predicted molar refractivity (Wildman–Crippen MR) is 131 cm³/mol. The Morgan fingerprint density at radius 2 is 1.78 bits per heavy atom. The number of methoxy groups -OCH3 is 1. The largest absolute Gasteiger partial charge is 0.497 e. The normalized spacial score (nSPS) is 18.1. The Hall–Kier alpha value is -2.44. The van der Waals surface area contributed by atoms with Gasteiger partial charge in [0.15, 0.2) is 0 Å². The lowest BCUT2D eigenvalue weighted by atomic mass is 10.1. The molecule has 0 N–H and O–H groups in total. The topological polar surface area (TPSA) is 42.0 Å². The molecule has 0 saturated carbocycles. The summed E-state index contributed by atoms with van der Waals surface area (Å²) in [4.78, 5) is 17.0. The van der Waals surface area contributed by atoms with Crippen LogP contribution in [0.4, 0.5) is 0 Å². The average Bonchev–Trinajstić information content (AvgIpc) is 2.84. The van der Waals surface area contributed by atoms with Crippen molar-refractivity contribution in [2.24, 2.45) is 0 Å². The average molecular weight is 453 g/mol. The minimum Gasteiger partial charge on any atom is -0.497 e. The van der Waals surface area contributed by atoms with Gasteiger partial charge in [-0.1, -0.05) is 24.3 Å². The highest BCUT2D eigenvalue weighted by molar-refractivity contribution is 7.99. The summed E-state index contributed by atoms with van der Waals surface area (Å²) in [5.41, 5.74) is 2.30. The minimum absolute atomic E-state index is 0.0564. The van der Waals surface area contributed by atoms with Crippen LogP contribution in [0, 0.1) is 0 Å². The van der Waals surface area contributed by atoms with Gasteiger partial charge in [0, 0.05) is 63.1 Å². The summed E-state index contributed by atoms with van der Waals surface area (Å²) in [5.74, 6) is 4.26. The van der Waals surface area contributed by atoms with E-state index in [1.807, 2.05) is 53.1 Å². The van der Waals surface area contributed by atoms with Crippen LogP contribution in [0.2, 0.25) is 0 Å². The van der Waals surface area contributed by atoms with E-state index >= 15 is 0 Å². The zero-order valence-electron chi connectivity index (χ0n) is 18.7. The first-order valence-electron chi connectivity index (χ1n) is 11.4. The molecule has 0 atom stereocenters. The summed E-state index contributed by atoms with van der Waals surface area (Å²) in [7, 11) is 1.65. The number of nitrogens with zero attached hydrogens (tertiary/aromatic N) is 2. The van der Waals surface area contributed by atoms with Gasteiger partial charge in [-0.25, -0.2) is 0 Å². The number of ether oxygens (including phenoxy) is 2. The zero-order valence-corrected chi connectivity index (χ0v) is 19.6. The van der Waals surface area contributed by atoms with Gasteiger partial charge in [0.1, 0.15) is 17.6 Å². The van der Waals surface area contributed by atoms with Crippen LogP contribution in [0.1, 0.15) is 24.0 Å². The Balaban J connectivity index is 1.24. The SMILES string of the molecule is COc1ccc(C=CC(=O)N2CCC(Oc3cccc(CN4CCSCC4)c3)CC2)cc1. The highest BCUT2D eigenvalue weighted by Gasteiger charge is 2.23. The molecule has 2 aliphatic heterocycles. The number of thioether (sulfide) groups is 1. The fraction of sp³-hybridized carbons (Fsp3) is 0.423. The van der Waals surface area contributed by atoms with Crippen molar-refractivity contribution >= 4 is 23.7 Å². The van der Waals surface area contributed by atoms with E-state index in [-0.39, 0.29) is 12.0 Å². The summed E-state index contributed by atoms with van der Waals surface area (Å²) < 4.78 is 11.4. The minimum atomic E-state index is 0.0564. The second-order valence-electron chi connectivity index (χ2n) is 8.28. The van der Waals surface area contributed by atoms with Crippen LogP contribution in [-0.4, -0.2) is 66.6 Å². The van der Waals surface area contributed by atoms with E-state index in [1.165, 1.54) is 17.1 Å². The Labute approximate surface area is 195 Å². The first-order chi connectivity index (χ1) is 15.7. The van der Waals surface area contributed by atoms with Crippen molar-refractivity contribution in [1.29, 1.82) is 0 Å². The Kier molecular flexibility index (Phi) is 8.13. The van der Waals surface area contributed by atoms with Crippen LogP contribution < -0.4 is 9.47 Å². The third-order valence-corrected chi connectivity index (χ3v) is 6.94. The quantitative estimate of drug-likeness (QED) is 0.585. The molecule has 0 bridgehead atoms. The van der Waals surface area contributed by atoms with E-state index in [4.69, 9.17) is 9.47 Å². The number of benzene rings is 2. The van der Waals surface area contributed by atoms with Crippen molar-refractivity contribution in [3.8, 4) is 11.5 Å². The molecule has 2 heterocycles. The van der Waals surface area contributed by atoms with Crippen molar-refractivity contribution in [3.05, 3.63) is 65.7 Å². The number of rotatable bonds is 7. The van der Waals surface area contributed by atoms with Gasteiger partial charge in [-0.05, 0) is 41.5 Å². The first-order valence-corrected chi connectivity index (χ1v) is 12.5. The summed E-state index contributed by atoms with van der Waals surface area (Å²) in [6.45, 7) is 4.76. The molecule has 170 valence electrons. The lowest BCUT2D eigenvalue weighted by Crippen LogP contribution is -2.41. The van der Waals surface area contributed by atoms with Gasteiger partial charge in [-0.2, -0.15) is 11.8 Å². The molecule has 0 aliphatic carbocycles. The van der Waals surface area contributed by atoms with Crippen LogP contribution in [0.15, 0.2) is 54.6 Å². The molecule has 0 aromatic heterocycles. The van der Waals surface area contributed by atoms with E-state index in [0.29, 0.717) is 0 Å². The molecule has 32 heavy (non-hydrogen) atoms. The molecule has 5 nitrogen and oxygen atoms in total. The molecule has 2 aromatic carbocycles. The van der Waals surface area contributed by atoms with Crippen LogP contribution in [0.5, 0.6) is 11.5 Å². The molecule has 2 aliphatic rings. The number of carbonyl (C=O) groups is 1. The van der Waals surface area contributed by atoms with Crippen LogP contribution in [0.25, 0.3) is 6.08 Å². The van der Waals surface area contributed by atoms with Gasteiger partial charge in [0.25, 0.3) is 0 Å². The molecule has 6 heteroatoms. The fourth-order valence-electron chi connectivity index (χ4n) is 4.11. The lowest BCUT2D eigenvalue weighted by molar-refractivity contribution is -0.127. The highest BCUT2D eigenvalue weighted by atomic mass is 32.2. The van der Waals surface area contributed by atoms with Crippen LogP contribution in [-0.2, 0) is 11.3 Å². The highest BCUT2D eigenvalue weighted by Crippen LogP contribution is 2.22. The first kappa shape index (κ1) is 22.7. The van der Waals surface area contributed by atoms with E-state index < -0.39 is 0 Å². The Morgan fingerprint density at radius 1 is 1.03 bits per heavy atom. The third kappa shape index (κ3) is 6.53. The van der Waals surface area contributed by atoms with Crippen molar-refractivity contribution in [2.75, 3.05) is 44.8 Å². The van der Waals surface area contributed by atoms with E-state index in [9.17, 15) is 4.79 Å². The molecule has 2 saturated heterocycles. The molecule has 1 amide bonds. The van der Waals surface area contributed by atoms with Crippen molar-refractivity contribution in [3.63, 3.8) is 0 Å². The molecule has 2 aromatic rings. The van der Waals surface area contributed by atoms with Crippen molar-refractivity contribution in [1.82, 2.24) is 9.80 Å².